The van der Waals surface area contributed by atoms with E-state index in [4.69, 9.17) is 4.98 Å². The Bertz CT molecular complexity index is 2440. The first-order chi connectivity index (χ1) is 24.1. The lowest BCUT2D eigenvalue weighted by atomic mass is 9.82. The fourth-order valence-electron chi connectivity index (χ4n) is 7.55. The number of hydrogen-bond donors (Lipinski definition) is 0. The van der Waals surface area contributed by atoms with Crippen molar-refractivity contribution in [2.24, 2.45) is 0 Å². The van der Waals surface area contributed by atoms with Crippen LogP contribution < -0.4 is 4.90 Å². The summed E-state index contributed by atoms with van der Waals surface area (Å²) < 4.78 is 2.19. The molecule has 0 aliphatic heterocycles. The molecule has 0 bridgehead atoms. The van der Waals surface area contributed by atoms with Crippen molar-refractivity contribution in [1.29, 1.82) is 0 Å². The molecule has 3 nitrogen and oxygen atoms in total. The lowest BCUT2D eigenvalue weighted by Crippen LogP contribution is -2.16. The van der Waals surface area contributed by atoms with Gasteiger partial charge in [-0.05, 0) is 81.9 Å². The van der Waals surface area contributed by atoms with E-state index in [1.165, 1.54) is 33.4 Å². The first-order valence-corrected chi connectivity index (χ1v) is 16.9. The predicted octanol–water partition coefficient (Wildman–Crippen LogP) is 12.1. The summed E-state index contributed by atoms with van der Waals surface area (Å²) in [5.41, 5.74) is 16.3. The summed E-state index contributed by atoms with van der Waals surface area (Å²) in [6.07, 6.45) is 2.10. The Labute approximate surface area is 287 Å². The summed E-state index contributed by atoms with van der Waals surface area (Å²) >= 11 is 0. The van der Waals surface area contributed by atoms with Gasteiger partial charge in [0.25, 0.3) is 0 Å². The Hall–Kier alpha value is -6.19. The van der Waals surface area contributed by atoms with E-state index >= 15 is 0 Å². The molecule has 0 fully saturated rings. The molecule has 1 aliphatic carbocycles. The number of aromatic nitrogens is 2. The molecule has 2 aromatic heterocycles. The third-order valence-corrected chi connectivity index (χ3v) is 10.0. The van der Waals surface area contributed by atoms with E-state index in [9.17, 15) is 0 Å². The first kappa shape index (κ1) is 29.0. The molecule has 0 unspecified atom stereocenters. The van der Waals surface area contributed by atoms with Crippen molar-refractivity contribution in [1.82, 2.24) is 9.38 Å². The van der Waals surface area contributed by atoms with Gasteiger partial charge in [0.05, 0.1) is 11.4 Å². The Balaban J connectivity index is 1.17. The van der Waals surface area contributed by atoms with E-state index < -0.39 is 0 Å². The van der Waals surface area contributed by atoms with Crippen LogP contribution in [0.5, 0.6) is 0 Å². The zero-order valence-corrected chi connectivity index (χ0v) is 27.6. The molecule has 0 N–H and O–H groups in total. The molecule has 49 heavy (non-hydrogen) atoms. The number of nitrogens with zero attached hydrogens (tertiary/aromatic N) is 3. The summed E-state index contributed by atoms with van der Waals surface area (Å²) in [4.78, 5) is 7.44. The fourth-order valence-corrected chi connectivity index (χ4v) is 7.55. The van der Waals surface area contributed by atoms with Gasteiger partial charge in [-0.25, -0.2) is 4.98 Å². The van der Waals surface area contributed by atoms with Crippen LogP contribution in [-0.4, -0.2) is 9.38 Å². The maximum atomic E-state index is 5.06. The topological polar surface area (TPSA) is 20.5 Å². The smallest absolute Gasteiger partial charge is 0.137 e. The van der Waals surface area contributed by atoms with Gasteiger partial charge in [-0.2, -0.15) is 0 Å². The highest BCUT2D eigenvalue weighted by atomic mass is 15.1. The van der Waals surface area contributed by atoms with Crippen LogP contribution in [0.3, 0.4) is 0 Å². The van der Waals surface area contributed by atoms with E-state index in [0.717, 1.165) is 45.2 Å². The van der Waals surface area contributed by atoms with Gasteiger partial charge >= 0.3 is 0 Å². The predicted molar refractivity (Wildman–Crippen MR) is 204 cm³/mol. The third kappa shape index (κ3) is 4.86. The van der Waals surface area contributed by atoms with Crippen LogP contribution in [0.25, 0.3) is 50.4 Å². The summed E-state index contributed by atoms with van der Waals surface area (Å²) in [6, 6.07) is 60.9. The summed E-state index contributed by atoms with van der Waals surface area (Å²) in [5.74, 6) is 0. The molecule has 0 spiro atoms. The van der Waals surface area contributed by atoms with Gasteiger partial charge in [0, 0.05) is 39.8 Å². The van der Waals surface area contributed by atoms with Crippen molar-refractivity contribution in [3.63, 3.8) is 0 Å². The fraction of sp³-hybridized carbons (Fsp3) is 0.0652. The van der Waals surface area contributed by atoms with E-state index in [-0.39, 0.29) is 5.41 Å². The van der Waals surface area contributed by atoms with Crippen LogP contribution in [0.1, 0.15) is 25.0 Å². The second kappa shape index (κ2) is 11.5. The minimum Gasteiger partial charge on any atom is -0.310 e. The van der Waals surface area contributed by atoms with Crippen LogP contribution >= 0.6 is 0 Å². The normalized spacial score (nSPS) is 12.9. The van der Waals surface area contributed by atoms with Crippen LogP contribution in [0.15, 0.2) is 176 Å². The van der Waals surface area contributed by atoms with Crippen molar-refractivity contribution < 1.29 is 0 Å². The molecule has 8 aromatic rings. The zero-order valence-electron chi connectivity index (χ0n) is 27.6. The van der Waals surface area contributed by atoms with Crippen molar-refractivity contribution in [2.45, 2.75) is 19.3 Å². The summed E-state index contributed by atoms with van der Waals surface area (Å²) in [5, 5.41) is 0. The van der Waals surface area contributed by atoms with Crippen LogP contribution in [0, 0.1) is 0 Å². The van der Waals surface area contributed by atoms with Crippen molar-refractivity contribution in [3.05, 3.63) is 187 Å². The molecule has 234 valence electrons. The first-order valence-electron chi connectivity index (χ1n) is 16.9. The van der Waals surface area contributed by atoms with Gasteiger partial charge in [0.1, 0.15) is 5.65 Å². The maximum Gasteiger partial charge on any atom is 0.137 e. The second-order valence-corrected chi connectivity index (χ2v) is 13.3. The highest BCUT2D eigenvalue weighted by molar-refractivity contribution is 5.87. The number of pyridine rings is 1. The van der Waals surface area contributed by atoms with Gasteiger partial charge in [0.2, 0.25) is 0 Å². The van der Waals surface area contributed by atoms with Crippen LogP contribution in [-0.2, 0) is 5.41 Å². The minimum absolute atomic E-state index is 0.0917. The van der Waals surface area contributed by atoms with E-state index in [1.807, 2.05) is 12.1 Å². The molecular formula is C46H35N3. The van der Waals surface area contributed by atoms with Gasteiger partial charge in [-0.3, -0.25) is 4.40 Å². The lowest BCUT2D eigenvalue weighted by molar-refractivity contribution is 0.660. The number of fused-ring (bicyclic) bond motifs is 4. The van der Waals surface area contributed by atoms with Gasteiger partial charge < -0.3 is 4.90 Å². The monoisotopic (exact) mass is 629 g/mol. The van der Waals surface area contributed by atoms with Crippen molar-refractivity contribution in [2.75, 3.05) is 4.90 Å². The molecule has 6 aromatic carbocycles. The van der Waals surface area contributed by atoms with Gasteiger partial charge in [0.15, 0.2) is 0 Å². The highest BCUT2D eigenvalue weighted by Gasteiger charge is 2.35. The number of rotatable bonds is 6. The Morgan fingerprint density at radius 1 is 0.469 bits per heavy atom. The SMILES string of the molecule is CC1(C)c2ccccc2-c2ccc(N(c3ccc(-c4ccccc4)cc3)c3ccc(-c4c(-c5ccccc5)nc5ccccn45)cc3)cc21. The second-order valence-electron chi connectivity index (χ2n) is 13.3. The molecule has 0 atom stereocenters. The van der Waals surface area contributed by atoms with Gasteiger partial charge in [-0.15, -0.1) is 0 Å². The van der Waals surface area contributed by atoms with E-state index in [0.29, 0.717) is 0 Å². The standard InChI is InChI=1S/C46H35N3/c1-46(2)41-18-10-9-17-39(41)40-29-28-38(31-42(40)46)49(36-24-20-33(21-25-36)32-13-5-3-6-14-32)37-26-22-35(23-27-37)45-44(34-15-7-4-8-16-34)47-43-19-11-12-30-48(43)45/h3-31H,1-2H3. The molecule has 3 heteroatoms. The zero-order chi connectivity index (χ0) is 33.0. The van der Waals surface area contributed by atoms with Crippen molar-refractivity contribution in [3.8, 4) is 44.8 Å². The Morgan fingerprint density at radius 2 is 1.02 bits per heavy atom. The molecule has 1 aliphatic rings. The molecule has 0 amide bonds. The Morgan fingerprint density at radius 3 is 1.73 bits per heavy atom. The number of anilines is 3. The largest absolute Gasteiger partial charge is 0.310 e. The lowest BCUT2D eigenvalue weighted by Gasteiger charge is -2.28. The summed E-state index contributed by atoms with van der Waals surface area (Å²) in [7, 11) is 0. The maximum absolute atomic E-state index is 5.06. The molecule has 9 rings (SSSR count). The molecule has 2 heterocycles. The van der Waals surface area contributed by atoms with Crippen LogP contribution in [0.2, 0.25) is 0 Å². The minimum atomic E-state index is -0.0917. The molecule has 0 saturated carbocycles. The van der Waals surface area contributed by atoms with Crippen molar-refractivity contribution >= 4 is 22.7 Å². The third-order valence-electron chi connectivity index (χ3n) is 10.0. The number of benzene rings is 6. The molecule has 0 saturated heterocycles. The summed E-state index contributed by atoms with van der Waals surface area (Å²) in [6.45, 7) is 4.69. The van der Waals surface area contributed by atoms with E-state index in [2.05, 4.69) is 187 Å². The quantitative estimate of drug-likeness (QED) is 0.182. The number of imidazole rings is 1. The van der Waals surface area contributed by atoms with Gasteiger partial charge in [-0.1, -0.05) is 135 Å². The average molecular weight is 630 g/mol. The Kier molecular flexibility index (Phi) is 6.80. The molecule has 0 radical (unpaired) electrons. The average Bonchev–Trinajstić information content (AvgIpc) is 3.66. The molecular weight excluding hydrogens is 595 g/mol. The van der Waals surface area contributed by atoms with Crippen LogP contribution in [0.4, 0.5) is 17.1 Å². The highest BCUT2D eigenvalue weighted by Crippen LogP contribution is 2.50. The number of hydrogen-bond acceptors (Lipinski definition) is 2. The van der Waals surface area contributed by atoms with E-state index in [1.54, 1.807) is 0 Å².